The molecule has 0 amide bonds. The van der Waals surface area contributed by atoms with E-state index in [9.17, 15) is 0 Å². The van der Waals surface area contributed by atoms with E-state index in [4.69, 9.17) is 25.7 Å². The Kier molecular flexibility index (Phi) is 4.75. The first kappa shape index (κ1) is 16.8. The average Bonchev–Trinajstić information content (AvgIpc) is 3.37. The smallest absolute Gasteiger partial charge is 0.307 e. The molecule has 0 fully saturated rings. The number of halogens is 1. The number of hydrogen-bond donors (Lipinski definition) is 0. The number of nitrogens with zero attached hydrogens (tertiary/aromatic N) is 4. The third-order valence-electron chi connectivity index (χ3n) is 4.28. The minimum absolute atomic E-state index is 0.523. The standard InChI is InChI=1S/C19H19ClN4O2/c1-13-21-9-11-24(13)19-23-18(14-5-7-15(20)8-6-14)16(26-19)3-2-4-17-22-10-12-25-17/h5-9,11H,2-4,10,12H2,1H3. The fourth-order valence-electron chi connectivity index (χ4n) is 2.96. The van der Waals surface area contributed by atoms with Gasteiger partial charge < -0.3 is 9.15 Å². The van der Waals surface area contributed by atoms with Gasteiger partial charge in [0.2, 0.25) is 0 Å². The van der Waals surface area contributed by atoms with E-state index in [0.29, 0.717) is 17.6 Å². The number of benzene rings is 1. The molecule has 0 spiro atoms. The van der Waals surface area contributed by atoms with Crippen molar-refractivity contribution in [3.63, 3.8) is 0 Å². The van der Waals surface area contributed by atoms with Crippen LogP contribution >= 0.6 is 11.6 Å². The van der Waals surface area contributed by atoms with Crippen LogP contribution < -0.4 is 0 Å². The normalized spacial score (nSPS) is 13.7. The van der Waals surface area contributed by atoms with E-state index in [1.165, 1.54) is 0 Å². The van der Waals surface area contributed by atoms with Gasteiger partial charge in [-0.3, -0.25) is 9.56 Å². The second kappa shape index (κ2) is 7.33. The zero-order chi connectivity index (χ0) is 17.9. The molecular formula is C19H19ClN4O2. The summed E-state index contributed by atoms with van der Waals surface area (Å²) in [5.74, 6) is 2.51. The molecule has 0 saturated heterocycles. The van der Waals surface area contributed by atoms with Crippen LogP contribution in [0.5, 0.6) is 0 Å². The van der Waals surface area contributed by atoms with E-state index in [1.54, 1.807) is 6.20 Å². The van der Waals surface area contributed by atoms with Gasteiger partial charge in [0, 0.05) is 35.8 Å². The minimum Gasteiger partial charge on any atom is -0.479 e. The van der Waals surface area contributed by atoms with Gasteiger partial charge in [0.15, 0.2) is 5.90 Å². The third-order valence-corrected chi connectivity index (χ3v) is 4.53. The summed E-state index contributed by atoms with van der Waals surface area (Å²) in [5, 5.41) is 0.695. The largest absolute Gasteiger partial charge is 0.479 e. The molecule has 26 heavy (non-hydrogen) atoms. The van der Waals surface area contributed by atoms with Gasteiger partial charge in [-0.1, -0.05) is 23.7 Å². The Balaban J connectivity index is 1.62. The monoisotopic (exact) mass is 370 g/mol. The Morgan fingerprint density at radius 3 is 2.73 bits per heavy atom. The van der Waals surface area contributed by atoms with Crippen LogP contribution in [0.15, 0.2) is 46.1 Å². The van der Waals surface area contributed by atoms with Crippen molar-refractivity contribution >= 4 is 17.5 Å². The van der Waals surface area contributed by atoms with Gasteiger partial charge in [0.1, 0.15) is 23.9 Å². The average molecular weight is 371 g/mol. The lowest BCUT2D eigenvalue weighted by Gasteiger charge is -2.03. The highest BCUT2D eigenvalue weighted by Gasteiger charge is 2.18. The van der Waals surface area contributed by atoms with Crippen LogP contribution in [0.4, 0.5) is 0 Å². The Hall–Kier alpha value is -2.60. The van der Waals surface area contributed by atoms with Crippen molar-refractivity contribution in [1.29, 1.82) is 0 Å². The van der Waals surface area contributed by atoms with Crippen molar-refractivity contribution < 1.29 is 9.15 Å². The minimum atomic E-state index is 0.523. The first-order chi connectivity index (χ1) is 12.7. The van der Waals surface area contributed by atoms with Crippen LogP contribution in [0.3, 0.4) is 0 Å². The van der Waals surface area contributed by atoms with Gasteiger partial charge in [-0.15, -0.1) is 0 Å². The molecular weight excluding hydrogens is 352 g/mol. The maximum absolute atomic E-state index is 6.09. The van der Waals surface area contributed by atoms with E-state index in [2.05, 4.69) is 9.98 Å². The molecule has 0 N–H and O–H groups in total. The lowest BCUT2D eigenvalue weighted by atomic mass is 10.1. The van der Waals surface area contributed by atoms with Crippen LogP contribution in [-0.2, 0) is 11.2 Å². The number of hydrogen-bond acceptors (Lipinski definition) is 5. The van der Waals surface area contributed by atoms with Crippen molar-refractivity contribution in [2.24, 2.45) is 4.99 Å². The predicted molar refractivity (Wildman–Crippen MR) is 100 cm³/mol. The van der Waals surface area contributed by atoms with E-state index in [1.807, 2.05) is 42.0 Å². The molecule has 1 aliphatic rings. The third kappa shape index (κ3) is 3.51. The van der Waals surface area contributed by atoms with Crippen LogP contribution in [-0.4, -0.2) is 33.6 Å². The first-order valence-electron chi connectivity index (χ1n) is 8.63. The summed E-state index contributed by atoms with van der Waals surface area (Å²) in [5.41, 5.74) is 1.81. The zero-order valence-corrected chi connectivity index (χ0v) is 15.2. The van der Waals surface area contributed by atoms with E-state index in [0.717, 1.165) is 54.5 Å². The Bertz CT molecular complexity index is 927. The van der Waals surface area contributed by atoms with Gasteiger partial charge in [-0.05, 0) is 25.5 Å². The number of rotatable bonds is 6. The Morgan fingerprint density at radius 2 is 2.04 bits per heavy atom. The summed E-state index contributed by atoms with van der Waals surface area (Å²) in [6.45, 7) is 3.37. The molecule has 4 rings (SSSR count). The summed E-state index contributed by atoms with van der Waals surface area (Å²) in [6, 6.07) is 8.16. The number of aryl methyl sites for hydroxylation is 2. The number of aliphatic imine (C=N–C) groups is 1. The Labute approximate surface area is 156 Å². The maximum atomic E-state index is 6.09. The van der Waals surface area contributed by atoms with Gasteiger partial charge in [-0.2, -0.15) is 4.98 Å². The number of aromatic nitrogens is 3. The molecule has 3 heterocycles. The zero-order valence-electron chi connectivity index (χ0n) is 14.5. The van der Waals surface area contributed by atoms with Crippen LogP contribution in [0.2, 0.25) is 5.02 Å². The van der Waals surface area contributed by atoms with Crippen LogP contribution in [0.25, 0.3) is 17.3 Å². The fourth-order valence-corrected chi connectivity index (χ4v) is 3.08. The first-order valence-corrected chi connectivity index (χ1v) is 9.00. The van der Waals surface area contributed by atoms with Gasteiger partial charge in [0.05, 0.1) is 6.54 Å². The highest BCUT2D eigenvalue weighted by molar-refractivity contribution is 6.30. The molecule has 0 bridgehead atoms. The molecule has 0 radical (unpaired) electrons. The maximum Gasteiger partial charge on any atom is 0.307 e. The molecule has 0 saturated carbocycles. The summed E-state index contributed by atoms with van der Waals surface area (Å²) >= 11 is 6.02. The molecule has 134 valence electrons. The highest BCUT2D eigenvalue weighted by atomic mass is 35.5. The molecule has 0 unspecified atom stereocenters. The van der Waals surface area contributed by atoms with Crippen molar-refractivity contribution in [2.75, 3.05) is 13.2 Å². The lowest BCUT2D eigenvalue weighted by Crippen LogP contribution is -1.99. The lowest BCUT2D eigenvalue weighted by molar-refractivity contribution is 0.336. The summed E-state index contributed by atoms with van der Waals surface area (Å²) in [7, 11) is 0. The topological polar surface area (TPSA) is 65.4 Å². The quantitative estimate of drug-likeness (QED) is 0.651. The Morgan fingerprint density at radius 1 is 1.19 bits per heavy atom. The van der Waals surface area contributed by atoms with Crippen molar-refractivity contribution in [3.05, 3.63) is 53.3 Å². The second-order valence-electron chi connectivity index (χ2n) is 6.10. The molecule has 7 heteroatoms. The molecule has 3 aromatic rings. The van der Waals surface area contributed by atoms with E-state index >= 15 is 0 Å². The molecule has 0 aliphatic carbocycles. The second-order valence-corrected chi connectivity index (χ2v) is 6.53. The predicted octanol–water partition coefficient (Wildman–Crippen LogP) is 4.24. The molecule has 0 atom stereocenters. The number of imidazole rings is 1. The fraction of sp³-hybridized carbons (Fsp3) is 0.316. The molecule has 2 aromatic heterocycles. The summed E-state index contributed by atoms with van der Waals surface area (Å²) in [6.07, 6.45) is 6.02. The van der Waals surface area contributed by atoms with Gasteiger partial charge >= 0.3 is 6.01 Å². The molecule has 1 aromatic carbocycles. The number of oxazole rings is 1. The highest BCUT2D eigenvalue weighted by Crippen LogP contribution is 2.28. The van der Waals surface area contributed by atoms with Crippen molar-refractivity contribution in [1.82, 2.24) is 14.5 Å². The molecule has 1 aliphatic heterocycles. The SMILES string of the molecule is Cc1nccn1-c1nc(-c2ccc(Cl)cc2)c(CCCC2=NCCO2)o1. The van der Waals surface area contributed by atoms with Crippen LogP contribution in [0.1, 0.15) is 24.4 Å². The molecule has 6 nitrogen and oxygen atoms in total. The van der Waals surface area contributed by atoms with Crippen molar-refractivity contribution in [2.45, 2.75) is 26.2 Å². The summed E-state index contributed by atoms with van der Waals surface area (Å²) in [4.78, 5) is 13.3. The van der Waals surface area contributed by atoms with Crippen molar-refractivity contribution in [3.8, 4) is 17.3 Å². The van der Waals surface area contributed by atoms with Gasteiger partial charge in [0.25, 0.3) is 0 Å². The van der Waals surface area contributed by atoms with Crippen LogP contribution in [0, 0.1) is 6.92 Å². The number of ether oxygens (including phenoxy) is 1. The summed E-state index contributed by atoms with van der Waals surface area (Å²) < 4.78 is 13.4. The van der Waals surface area contributed by atoms with E-state index in [-0.39, 0.29) is 0 Å². The van der Waals surface area contributed by atoms with E-state index < -0.39 is 0 Å². The van der Waals surface area contributed by atoms with Gasteiger partial charge in [-0.25, -0.2) is 4.98 Å².